The normalized spacial score (nSPS) is 19.9. The lowest BCUT2D eigenvalue weighted by Gasteiger charge is -2.77. The predicted molar refractivity (Wildman–Crippen MR) is 198 cm³/mol. The number of hydrogen-bond donors (Lipinski definition) is 1. The van der Waals surface area contributed by atoms with E-state index in [0.717, 1.165) is 27.8 Å². The number of nitrogens with zero attached hydrogens (tertiary/aromatic N) is 5. The highest BCUT2D eigenvalue weighted by molar-refractivity contribution is 6.71. The molecular formula is C24H34B10N6O. The van der Waals surface area contributed by atoms with Gasteiger partial charge in [-0.1, -0.05) is 27.8 Å². The summed E-state index contributed by atoms with van der Waals surface area (Å²) in [7, 11) is 25.4. The van der Waals surface area contributed by atoms with E-state index in [4.69, 9.17) is 4.98 Å². The van der Waals surface area contributed by atoms with Crippen LogP contribution >= 0.6 is 0 Å². The molecule has 7 nitrogen and oxygen atoms in total. The van der Waals surface area contributed by atoms with Gasteiger partial charge in [0, 0.05) is 36.0 Å². The molecule has 196 valence electrons. The molecule has 1 aliphatic rings. The van der Waals surface area contributed by atoms with E-state index >= 15 is 0 Å². The Balaban J connectivity index is 1.48. The van der Waals surface area contributed by atoms with Crippen molar-refractivity contribution in [3.8, 4) is 11.3 Å². The Bertz CT molecular complexity index is 1640. The van der Waals surface area contributed by atoms with Crippen molar-refractivity contribution in [2.24, 2.45) is 7.05 Å². The average Bonchev–Trinajstić information content (AvgIpc) is 3.33. The van der Waals surface area contributed by atoms with Crippen molar-refractivity contribution in [3.63, 3.8) is 0 Å². The second kappa shape index (κ2) is 9.47. The number of imidazole rings is 1. The monoisotopic (exact) mass is 532 g/mol. The number of benzene rings is 1. The van der Waals surface area contributed by atoms with E-state index in [0.29, 0.717) is 11.4 Å². The first-order chi connectivity index (χ1) is 18.9. The van der Waals surface area contributed by atoms with Crippen LogP contribution in [0, 0.1) is 0 Å². The van der Waals surface area contributed by atoms with Crippen LogP contribution in [0.1, 0.15) is 10.4 Å². The molecule has 5 rings (SSSR count). The predicted octanol–water partition coefficient (Wildman–Crippen LogP) is -5.91. The number of anilines is 2. The Hall–Kier alpha value is -3.09. The molecule has 17 heteroatoms. The largest absolute Gasteiger partial charge is 0.379 e. The minimum Gasteiger partial charge on any atom is -0.379 e. The third-order valence-corrected chi connectivity index (χ3v) is 11.6. The summed E-state index contributed by atoms with van der Waals surface area (Å²) in [6.45, 7) is 0. The zero-order valence-electron chi connectivity index (χ0n) is 26.4. The molecule has 0 atom stereocenters. The van der Waals surface area contributed by atoms with E-state index in [1.165, 1.54) is 0 Å². The number of rotatable bonds is 4. The zero-order chi connectivity index (χ0) is 30.2. The topological polar surface area (TPSA) is 75.9 Å². The smallest absolute Gasteiger partial charge is 0.257 e. The molecule has 0 unspecified atom stereocenters. The zero-order valence-corrected chi connectivity index (χ0v) is 26.4. The fraction of sp³-hybridized carbons (Fsp3) is 0.250. The lowest BCUT2D eigenvalue weighted by molar-refractivity contribution is 0.102. The van der Waals surface area contributed by atoms with Gasteiger partial charge >= 0.3 is 0 Å². The molecule has 1 aromatic carbocycles. The number of aromatic nitrogens is 4. The van der Waals surface area contributed by atoms with Gasteiger partial charge in [-0.15, -0.1) is 0 Å². The van der Waals surface area contributed by atoms with Crippen molar-refractivity contribution >= 4 is 107 Å². The van der Waals surface area contributed by atoms with Crippen molar-refractivity contribution in [2.45, 2.75) is 26.3 Å². The van der Waals surface area contributed by atoms with Gasteiger partial charge in [0.05, 0.1) is 65.3 Å². The molecule has 1 amide bonds. The first kappa shape index (κ1) is 29.4. The highest BCUT2D eigenvalue weighted by Crippen LogP contribution is 2.69. The van der Waals surface area contributed by atoms with Gasteiger partial charge in [-0.3, -0.25) is 4.79 Å². The summed E-state index contributed by atoms with van der Waals surface area (Å²) in [5.41, 5.74) is 2.63. The summed E-state index contributed by atoms with van der Waals surface area (Å²) < 4.78 is 1.99. The Kier molecular flexibility index (Phi) is 6.79. The molecule has 1 fully saturated rings. The maximum atomic E-state index is 13.6. The third-order valence-electron chi connectivity index (χ3n) is 11.6. The van der Waals surface area contributed by atoms with E-state index in [9.17, 15) is 4.79 Å². The van der Waals surface area contributed by atoms with Crippen molar-refractivity contribution in [1.82, 2.24) is 19.5 Å². The average molecular weight is 531 g/mol. The number of fused-ring (bicyclic) bond motifs is 1. The van der Waals surface area contributed by atoms with Crippen molar-refractivity contribution in [3.05, 3.63) is 66.9 Å². The number of carbonyl (C=O) groups excluding carboxylic acids is 1. The van der Waals surface area contributed by atoms with Crippen molar-refractivity contribution < 1.29 is 4.79 Å². The molecule has 0 saturated carbocycles. The fourth-order valence-corrected chi connectivity index (χ4v) is 7.02. The van der Waals surface area contributed by atoms with Gasteiger partial charge in [0.1, 0.15) is 43.0 Å². The van der Waals surface area contributed by atoms with Crippen LogP contribution in [0.3, 0.4) is 0 Å². The lowest BCUT2D eigenvalue weighted by atomic mass is 9.05. The van der Waals surface area contributed by atoms with Crippen LogP contribution in [0.2, 0.25) is 15.6 Å². The highest BCUT2D eigenvalue weighted by Gasteiger charge is 2.66. The molecular weight excluding hydrogens is 496 g/mol. The van der Waals surface area contributed by atoms with E-state index < -0.39 is 0 Å². The summed E-state index contributed by atoms with van der Waals surface area (Å²) in [4.78, 5) is 29.6. The number of pyridine rings is 2. The van der Waals surface area contributed by atoms with Crippen LogP contribution in [0.25, 0.3) is 22.0 Å². The highest BCUT2D eigenvalue weighted by atomic mass is 16.1. The Morgan fingerprint density at radius 1 is 0.780 bits per heavy atom. The van der Waals surface area contributed by atoms with Crippen molar-refractivity contribution in [1.29, 1.82) is 0 Å². The summed E-state index contributed by atoms with van der Waals surface area (Å²) in [5.74, 6) is 1.09. The molecule has 0 radical (unpaired) electrons. The number of amides is 1. The van der Waals surface area contributed by atoms with Crippen LogP contribution < -0.4 is 10.2 Å². The first-order valence-electron chi connectivity index (χ1n) is 14.4. The van der Waals surface area contributed by atoms with Gasteiger partial charge in [0.25, 0.3) is 5.91 Å². The minimum atomic E-state index is -0.247. The fourth-order valence-electron chi connectivity index (χ4n) is 7.02. The van der Waals surface area contributed by atoms with E-state index in [1.807, 2.05) is 36.0 Å². The number of aryl methyl sites for hydroxylation is 1. The number of piperidine rings is 1. The maximum absolute atomic E-state index is 13.6. The van der Waals surface area contributed by atoms with Gasteiger partial charge in [-0.25, -0.2) is 15.0 Å². The molecule has 1 N–H and O–H groups in total. The van der Waals surface area contributed by atoms with Gasteiger partial charge < -0.3 is 14.8 Å². The Labute approximate surface area is 252 Å². The van der Waals surface area contributed by atoms with Gasteiger partial charge in [0.2, 0.25) is 0 Å². The molecule has 0 spiro atoms. The van der Waals surface area contributed by atoms with Crippen LogP contribution in [-0.2, 0) is 7.05 Å². The molecule has 1 saturated heterocycles. The second-order valence-corrected chi connectivity index (χ2v) is 14.2. The van der Waals surface area contributed by atoms with Crippen LogP contribution in [0.4, 0.5) is 11.6 Å². The van der Waals surface area contributed by atoms with Crippen molar-refractivity contribution in [2.75, 3.05) is 10.2 Å². The summed E-state index contributed by atoms with van der Waals surface area (Å²) >= 11 is 0. The molecule has 0 bridgehead atoms. The third kappa shape index (κ3) is 4.25. The van der Waals surface area contributed by atoms with Gasteiger partial charge in [0.15, 0.2) is 0 Å². The Morgan fingerprint density at radius 2 is 1.44 bits per heavy atom. The molecule has 0 aliphatic carbocycles. The number of hydrogen-bond acceptors (Lipinski definition) is 5. The number of nitrogens with one attached hydrogen (secondary N) is 1. The van der Waals surface area contributed by atoms with E-state index in [1.54, 1.807) is 24.8 Å². The Morgan fingerprint density at radius 3 is 2.05 bits per heavy atom. The van der Waals surface area contributed by atoms with Gasteiger partial charge in [-0.05, 0) is 40.3 Å². The molecule has 1 aliphatic heterocycles. The first-order valence-corrected chi connectivity index (χ1v) is 14.4. The standard InChI is InChI=1S/C24H34B10N6O/c1-39-11-35-10-16(39)12-2-3-14-9-37-17(7-15(14)6-12)38-19(41)13-4-5-36-18(8-13)40-23(31,32)21(27,28)20(25,26)22(29,30)24(40,33)34/h2-11H,25-34H2,1H3,(H,37,38,41). The van der Waals surface area contributed by atoms with E-state index in [-0.39, 0.29) is 32.2 Å². The molecule has 4 heterocycles. The SMILES string of the molecule is BC1(B)N(c2cc(C(=O)Nc3cc4cc(-c5cncn5C)ccc4cn3)ccn2)C(B)(B)C(B)(B)C(B)(B)C1(B)B. The summed E-state index contributed by atoms with van der Waals surface area (Å²) in [5, 5.41) is 4.41. The second-order valence-electron chi connectivity index (χ2n) is 14.2. The molecule has 41 heavy (non-hydrogen) atoms. The summed E-state index contributed by atoms with van der Waals surface area (Å²) in [6, 6.07) is 11.8. The van der Waals surface area contributed by atoms with E-state index in [2.05, 4.69) is 111 Å². The maximum Gasteiger partial charge on any atom is 0.257 e. The quantitative estimate of drug-likeness (QED) is 0.266. The molecule has 3 aromatic heterocycles. The van der Waals surface area contributed by atoms with Crippen LogP contribution in [-0.4, -0.2) is 115 Å². The minimum absolute atomic E-state index is 0.0246. The van der Waals surface area contributed by atoms with Gasteiger partial charge in [-0.2, -0.15) is 0 Å². The van der Waals surface area contributed by atoms with Crippen LogP contribution in [0.5, 0.6) is 0 Å². The van der Waals surface area contributed by atoms with Crippen LogP contribution in [0.15, 0.2) is 61.3 Å². The number of carbonyl (C=O) groups is 1. The summed E-state index contributed by atoms with van der Waals surface area (Å²) in [6.07, 6.45) is 7.17. The molecule has 4 aromatic rings. The lowest BCUT2D eigenvalue weighted by Crippen LogP contribution is -2.81.